The van der Waals surface area contributed by atoms with Gasteiger partial charge in [0.25, 0.3) is 0 Å². The predicted octanol–water partition coefficient (Wildman–Crippen LogP) is 1.20. The topological polar surface area (TPSA) is 52.6 Å². The van der Waals surface area contributed by atoms with Crippen molar-refractivity contribution in [3.63, 3.8) is 0 Å². The zero-order valence-electron chi connectivity index (χ0n) is 11.2. The van der Waals surface area contributed by atoms with Gasteiger partial charge in [-0.15, -0.1) is 0 Å². The minimum atomic E-state index is 0.0816. The lowest BCUT2D eigenvalue weighted by atomic mass is 9.90. The quantitative estimate of drug-likeness (QED) is 0.840. The minimum Gasteiger partial charge on any atom is -0.392 e. The molecule has 1 aromatic carbocycles. The minimum absolute atomic E-state index is 0.0816. The van der Waals surface area contributed by atoms with Crippen molar-refractivity contribution in [3.8, 4) is 0 Å². The molecule has 102 valence electrons. The highest BCUT2D eigenvalue weighted by Gasteiger charge is 2.40. The zero-order valence-corrected chi connectivity index (χ0v) is 11.2. The van der Waals surface area contributed by atoms with Gasteiger partial charge in [-0.3, -0.25) is 4.79 Å². The molecule has 0 aliphatic carbocycles. The average molecular weight is 260 g/mol. The van der Waals surface area contributed by atoms with Crippen molar-refractivity contribution in [1.29, 1.82) is 0 Å². The fraction of sp³-hybridized carbons (Fsp3) is 0.533. The Labute approximate surface area is 113 Å². The number of carbonyl (C=O) groups is 1. The zero-order chi connectivity index (χ0) is 13.4. The van der Waals surface area contributed by atoms with E-state index in [1.54, 1.807) is 0 Å². The number of carbonyl (C=O) groups excluding carboxylic acids is 1. The second kappa shape index (κ2) is 4.85. The molecule has 2 saturated heterocycles. The second-order valence-electron chi connectivity index (χ2n) is 5.52. The van der Waals surface area contributed by atoms with Gasteiger partial charge in [0.15, 0.2) is 0 Å². The summed E-state index contributed by atoms with van der Waals surface area (Å²) >= 11 is 0. The summed E-state index contributed by atoms with van der Waals surface area (Å²) in [6.07, 6.45) is 2.07. The van der Waals surface area contributed by atoms with Crippen LogP contribution in [0.5, 0.6) is 0 Å². The van der Waals surface area contributed by atoms with Crippen LogP contribution in [0.3, 0.4) is 0 Å². The van der Waals surface area contributed by atoms with E-state index in [1.165, 1.54) is 5.69 Å². The Kier molecular flexibility index (Phi) is 3.19. The predicted molar refractivity (Wildman–Crippen MR) is 74.0 cm³/mol. The molecular weight excluding hydrogens is 240 g/mol. The second-order valence-corrected chi connectivity index (χ2v) is 5.52. The van der Waals surface area contributed by atoms with Crippen LogP contribution in [0.25, 0.3) is 0 Å². The summed E-state index contributed by atoms with van der Waals surface area (Å²) in [5.74, 6) is 0.352. The van der Waals surface area contributed by atoms with Crippen LogP contribution in [-0.2, 0) is 11.4 Å². The first-order valence-corrected chi connectivity index (χ1v) is 6.95. The number of fused-ring (bicyclic) bond motifs is 1. The summed E-state index contributed by atoms with van der Waals surface area (Å²) in [6.45, 7) is 3.87. The number of aliphatic hydroxyl groups is 1. The van der Waals surface area contributed by atoms with Crippen molar-refractivity contribution >= 4 is 11.6 Å². The van der Waals surface area contributed by atoms with E-state index in [9.17, 15) is 9.90 Å². The van der Waals surface area contributed by atoms with Gasteiger partial charge in [0.1, 0.15) is 0 Å². The summed E-state index contributed by atoms with van der Waals surface area (Å²) in [6, 6.07) is 6.46. The van der Waals surface area contributed by atoms with Gasteiger partial charge in [-0.2, -0.15) is 0 Å². The monoisotopic (exact) mass is 260 g/mol. The van der Waals surface area contributed by atoms with E-state index in [-0.39, 0.29) is 18.4 Å². The number of amides is 1. The number of nitrogens with zero attached hydrogens (tertiary/aromatic N) is 1. The lowest BCUT2D eigenvalue weighted by Crippen LogP contribution is -2.45. The van der Waals surface area contributed by atoms with Crippen LogP contribution < -0.4 is 10.2 Å². The van der Waals surface area contributed by atoms with Crippen LogP contribution in [0, 0.1) is 12.8 Å². The Morgan fingerprint density at radius 1 is 1.47 bits per heavy atom. The summed E-state index contributed by atoms with van der Waals surface area (Å²) < 4.78 is 0. The van der Waals surface area contributed by atoms with Crippen molar-refractivity contribution in [2.75, 3.05) is 18.0 Å². The van der Waals surface area contributed by atoms with E-state index in [1.807, 2.05) is 13.0 Å². The van der Waals surface area contributed by atoms with Gasteiger partial charge in [0.05, 0.1) is 18.6 Å². The number of hydrogen-bond acceptors (Lipinski definition) is 3. The first-order chi connectivity index (χ1) is 9.20. The fourth-order valence-electron chi connectivity index (χ4n) is 3.31. The smallest absolute Gasteiger partial charge is 0.225 e. The van der Waals surface area contributed by atoms with Crippen molar-refractivity contribution in [2.45, 2.75) is 32.4 Å². The number of aliphatic hydroxyl groups excluding tert-OH is 1. The molecule has 2 aliphatic heterocycles. The Morgan fingerprint density at radius 2 is 2.32 bits per heavy atom. The molecule has 19 heavy (non-hydrogen) atoms. The molecule has 2 unspecified atom stereocenters. The summed E-state index contributed by atoms with van der Waals surface area (Å²) in [4.78, 5) is 14.1. The van der Waals surface area contributed by atoms with Crippen LogP contribution in [0.2, 0.25) is 0 Å². The largest absolute Gasteiger partial charge is 0.392 e. The summed E-state index contributed by atoms with van der Waals surface area (Å²) in [5.41, 5.74) is 3.25. The number of rotatable bonds is 2. The van der Waals surface area contributed by atoms with E-state index in [4.69, 9.17) is 0 Å². The molecule has 0 saturated carbocycles. The standard InChI is InChI=1S/C15H20N2O2/c1-10-7-12(5-4-11(10)9-18)17-6-2-3-13-14(17)8-16-15(13)19/h4-5,7,13-14,18H,2-3,6,8-9H2,1H3,(H,16,19). The van der Waals surface area contributed by atoms with E-state index in [0.717, 1.165) is 37.1 Å². The van der Waals surface area contributed by atoms with Crippen molar-refractivity contribution in [1.82, 2.24) is 5.32 Å². The van der Waals surface area contributed by atoms with E-state index in [2.05, 4.69) is 22.3 Å². The molecule has 4 heteroatoms. The fourth-order valence-corrected chi connectivity index (χ4v) is 3.31. The first-order valence-electron chi connectivity index (χ1n) is 6.95. The average Bonchev–Trinajstić information content (AvgIpc) is 2.80. The van der Waals surface area contributed by atoms with E-state index >= 15 is 0 Å². The van der Waals surface area contributed by atoms with Crippen LogP contribution in [0.4, 0.5) is 5.69 Å². The summed E-state index contributed by atoms with van der Waals surface area (Å²) in [5, 5.41) is 12.2. The molecule has 0 aromatic heterocycles. The third kappa shape index (κ3) is 2.10. The highest BCUT2D eigenvalue weighted by atomic mass is 16.3. The van der Waals surface area contributed by atoms with E-state index < -0.39 is 0 Å². The molecule has 0 spiro atoms. The van der Waals surface area contributed by atoms with Crippen LogP contribution >= 0.6 is 0 Å². The lowest BCUT2D eigenvalue weighted by Gasteiger charge is -2.38. The molecule has 2 heterocycles. The Balaban J connectivity index is 1.89. The van der Waals surface area contributed by atoms with Gasteiger partial charge >= 0.3 is 0 Å². The molecule has 2 aliphatic rings. The van der Waals surface area contributed by atoms with Gasteiger partial charge < -0.3 is 15.3 Å². The van der Waals surface area contributed by atoms with Crippen LogP contribution in [0.15, 0.2) is 18.2 Å². The maximum Gasteiger partial charge on any atom is 0.225 e. The molecule has 0 bridgehead atoms. The molecule has 2 N–H and O–H groups in total. The number of benzene rings is 1. The molecule has 2 fully saturated rings. The van der Waals surface area contributed by atoms with Crippen LogP contribution in [0.1, 0.15) is 24.0 Å². The SMILES string of the molecule is Cc1cc(N2CCCC3C(=O)NCC32)ccc1CO. The number of anilines is 1. The van der Waals surface area contributed by atoms with Crippen molar-refractivity contribution < 1.29 is 9.90 Å². The van der Waals surface area contributed by atoms with Gasteiger partial charge in [-0.1, -0.05) is 6.07 Å². The van der Waals surface area contributed by atoms with Crippen molar-refractivity contribution in [2.24, 2.45) is 5.92 Å². The number of aryl methyl sites for hydroxylation is 1. The number of hydrogen-bond donors (Lipinski definition) is 2. The maximum atomic E-state index is 11.8. The molecule has 2 atom stereocenters. The highest BCUT2D eigenvalue weighted by molar-refractivity contribution is 5.83. The molecule has 1 aromatic rings. The highest BCUT2D eigenvalue weighted by Crippen LogP contribution is 2.32. The molecule has 4 nitrogen and oxygen atoms in total. The molecule has 3 rings (SSSR count). The Hall–Kier alpha value is -1.55. The Morgan fingerprint density at radius 3 is 3.05 bits per heavy atom. The van der Waals surface area contributed by atoms with E-state index in [0.29, 0.717) is 6.04 Å². The number of piperidine rings is 1. The third-order valence-corrected chi connectivity index (χ3v) is 4.43. The maximum absolute atomic E-state index is 11.8. The van der Waals surface area contributed by atoms with Crippen molar-refractivity contribution in [3.05, 3.63) is 29.3 Å². The number of nitrogens with one attached hydrogen (secondary N) is 1. The molecule has 0 radical (unpaired) electrons. The lowest BCUT2D eigenvalue weighted by molar-refractivity contribution is -0.122. The Bertz CT molecular complexity index is 501. The van der Waals surface area contributed by atoms with Gasteiger partial charge in [0.2, 0.25) is 5.91 Å². The van der Waals surface area contributed by atoms with Gasteiger partial charge in [-0.05, 0) is 43.0 Å². The molecule has 1 amide bonds. The van der Waals surface area contributed by atoms with Gasteiger partial charge in [0, 0.05) is 18.8 Å². The molecular formula is C15H20N2O2. The normalized spacial score (nSPS) is 26.2. The van der Waals surface area contributed by atoms with Crippen LogP contribution in [-0.4, -0.2) is 30.1 Å². The summed E-state index contributed by atoms with van der Waals surface area (Å²) in [7, 11) is 0. The first kappa shape index (κ1) is 12.5. The van der Waals surface area contributed by atoms with Gasteiger partial charge in [-0.25, -0.2) is 0 Å². The third-order valence-electron chi connectivity index (χ3n) is 4.43.